The summed E-state index contributed by atoms with van der Waals surface area (Å²) >= 11 is 0. The Hall–Kier alpha value is -0.790. The summed E-state index contributed by atoms with van der Waals surface area (Å²) in [5.41, 5.74) is 0.812. The molecule has 0 aromatic carbocycles. The van der Waals surface area contributed by atoms with E-state index in [9.17, 15) is 4.79 Å². The lowest BCUT2D eigenvalue weighted by Gasteiger charge is -2.14. The molecule has 0 N–H and O–H groups in total. The first-order chi connectivity index (χ1) is 4.22. The monoisotopic (exact) mass is 127 g/mol. The minimum atomic E-state index is 0.777. The second-order valence-corrected chi connectivity index (χ2v) is 2.03. The van der Waals surface area contributed by atoms with Gasteiger partial charge in [0.05, 0.1) is 0 Å². The molecular formula is C7H13NO. The average Bonchev–Trinajstić information content (AvgIpc) is 1.82. The number of nitrogens with zero attached hydrogens (tertiary/aromatic N) is 1. The Morgan fingerprint density at radius 1 is 1.78 bits per heavy atom. The van der Waals surface area contributed by atoms with E-state index in [1.54, 1.807) is 4.90 Å². The lowest BCUT2D eigenvalue weighted by molar-refractivity contribution is -0.116. The average molecular weight is 127 g/mol. The van der Waals surface area contributed by atoms with Crippen LogP contribution in [0.1, 0.15) is 20.3 Å². The molecule has 0 saturated heterocycles. The second-order valence-electron chi connectivity index (χ2n) is 2.03. The SMILES string of the molecule is C=C(C)N(C=O)CCC. The number of carbonyl (C=O) groups excluding carboxylic acids is 1. The lowest BCUT2D eigenvalue weighted by Crippen LogP contribution is -2.19. The highest BCUT2D eigenvalue weighted by Crippen LogP contribution is 1.96. The molecule has 0 unspecified atom stereocenters. The fraction of sp³-hybridized carbons (Fsp3) is 0.571. The van der Waals surface area contributed by atoms with Crippen LogP contribution in [0.2, 0.25) is 0 Å². The zero-order chi connectivity index (χ0) is 7.28. The molecule has 2 heteroatoms. The third kappa shape index (κ3) is 2.90. The van der Waals surface area contributed by atoms with E-state index < -0.39 is 0 Å². The van der Waals surface area contributed by atoms with Crippen molar-refractivity contribution >= 4 is 6.41 Å². The van der Waals surface area contributed by atoms with Gasteiger partial charge in [-0.05, 0) is 13.3 Å². The van der Waals surface area contributed by atoms with Crippen LogP contribution in [0, 0.1) is 0 Å². The topological polar surface area (TPSA) is 20.3 Å². The fourth-order valence-corrected chi connectivity index (χ4v) is 0.574. The largest absolute Gasteiger partial charge is 0.320 e. The molecule has 0 aliphatic carbocycles. The molecule has 1 amide bonds. The summed E-state index contributed by atoms with van der Waals surface area (Å²) in [6, 6.07) is 0. The van der Waals surface area contributed by atoms with E-state index in [0.29, 0.717) is 0 Å². The van der Waals surface area contributed by atoms with E-state index in [1.165, 1.54) is 0 Å². The van der Waals surface area contributed by atoms with Gasteiger partial charge in [0.25, 0.3) is 0 Å². The Morgan fingerprint density at radius 2 is 2.33 bits per heavy atom. The highest BCUT2D eigenvalue weighted by molar-refractivity contribution is 5.50. The second kappa shape index (κ2) is 4.13. The van der Waals surface area contributed by atoms with Gasteiger partial charge in [0.15, 0.2) is 0 Å². The Bertz CT molecular complexity index is 109. The molecule has 0 aromatic heterocycles. The van der Waals surface area contributed by atoms with Crippen LogP contribution in [0.3, 0.4) is 0 Å². The number of allylic oxidation sites excluding steroid dienone is 1. The van der Waals surface area contributed by atoms with Gasteiger partial charge in [-0.25, -0.2) is 0 Å². The van der Waals surface area contributed by atoms with Crippen molar-refractivity contribution in [2.45, 2.75) is 20.3 Å². The molecule has 0 aromatic rings. The maximum atomic E-state index is 10.2. The summed E-state index contributed by atoms with van der Waals surface area (Å²) in [6.45, 7) is 8.27. The Kier molecular flexibility index (Phi) is 3.76. The third-order valence-electron chi connectivity index (χ3n) is 1.08. The van der Waals surface area contributed by atoms with Crippen molar-refractivity contribution in [1.29, 1.82) is 0 Å². The summed E-state index contributed by atoms with van der Waals surface area (Å²) < 4.78 is 0. The first-order valence-corrected chi connectivity index (χ1v) is 3.09. The standard InChI is InChI=1S/C7H13NO/c1-4-5-8(6-9)7(2)3/h6H,2,4-5H2,1,3H3. The maximum absolute atomic E-state index is 10.2. The Morgan fingerprint density at radius 3 is 2.44 bits per heavy atom. The van der Waals surface area contributed by atoms with Crippen LogP contribution < -0.4 is 0 Å². The van der Waals surface area contributed by atoms with Gasteiger partial charge in [-0.2, -0.15) is 0 Å². The van der Waals surface area contributed by atoms with Gasteiger partial charge < -0.3 is 4.90 Å². The van der Waals surface area contributed by atoms with E-state index in [1.807, 2.05) is 13.8 Å². The third-order valence-corrected chi connectivity index (χ3v) is 1.08. The van der Waals surface area contributed by atoms with Crippen molar-refractivity contribution in [3.8, 4) is 0 Å². The molecule has 0 fully saturated rings. The van der Waals surface area contributed by atoms with E-state index in [2.05, 4.69) is 6.58 Å². The maximum Gasteiger partial charge on any atom is 0.213 e. The van der Waals surface area contributed by atoms with Gasteiger partial charge in [0.1, 0.15) is 0 Å². The summed E-state index contributed by atoms with van der Waals surface area (Å²) in [4.78, 5) is 11.8. The van der Waals surface area contributed by atoms with Crippen LogP contribution in [-0.4, -0.2) is 17.9 Å². The molecule has 0 atom stereocenters. The molecule has 0 spiro atoms. The van der Waals surface area contributed by atoms with E-state index in [0.717, 1.165) is 25.1 Å². The van der Waals surface area contributed by atoms with Gasteiger partial charge in [-0.3, -0.25) is 4.79 Å². The number of carbonyl (C=O) groups is 1. The van der Waals surface area contributed by atoms with Crippen molar-refractivity contribution in [3.63, 3.8) is 0 Å². The summed E-state index contributed by atoms with van der Waals surface area (Å²) in [5.74, 6) is 0. The minimum Gasteiger partial charge on any atom is -0.320 e. The molecular weight excluding hydrogens is 114 g/mol. The van der Waals surface area contributed by atoms with Gasteiger partial charge in [-0.15, -0.1) is 0 Å². The van der Waals surface area contributed by atoms with Crippen molar-refractivity contribution < 1.29 is 4.79 Å². The summed E-state index contributed by atoms with van der Waals surface area (Å²) in [6.07, 6.45) is 1.79. The fourth-order valence-electron chi connectivity index (χ4n) is 0.574. The Labute approximate surface area is 56.2 Å². The molecule has 9 heavy (non-hydrogen) atoms. The number of rotatable bonds is 4. The molecule has 0 heterocycles. The molecule has 0 radical (unpaired) electrons. The first kappa shape index (κ1) is 8.21. The molecule has 52 valence electrons. The van der Waals surface area contributed by atoms with Crippen LogP contribution in [0.4, 0.5) is 0 Å². The zero-order valence-electron chi connectivity index (χ0n) is 6.05. The van der Waals surface area contributed by atoms with E-state index in [4.69, 9.17) is 0 Å². The van der Waals surface area contributed by atoms with Crippen molar-refractivity contribution in [3.05, 3.63) is 12.3 Å². The van der Waals surface area contributed by atoms with Gasteiger partial charge >= 0.3 is 0 Å². The van der Waals surface area contributed by atoms with Crippen LogP contribution in [0.5, 0.6) is 0 Å². The predicted molar refractivity (Wildman–Crippen MR) is 37.9 cm³/mol. The van der Waals surface area contributed by atoms with E-state index in [-0.39, 0.29) is 0 Å². The first-order valence-electron chi connectivity index (χ1n) is 3.09. The molecule has 0 bridgehead atoms. The van der Waals surface area contributed by atoms with Crippen molar-refractivity contribution in [2.75, 3.05) is 6.54 Å². The predicted octanol–water partition coefficient (Wildman–Crippen LogP) is 1.39. The smallest absolute Gasteiger partial charge is 0.213 e. The van der Waals surface area contributed by atoms with Crippen LogP contribution in [-0.2, 0) is 4.79 Å². The summed E-state index contributed by atoms with van der Waals surface area (Å²) in [7, 11) is 0. The number of hydrogen-bond acceptors (Lipinski definition) is 1. The van der Waals surface area contributed by atoms with Crippen molar-refractivity contribution in [2.24, 2.45) is 0 Å². The molecule has 0 rings (SSSR count). The van der Waals surface area contributed by atoms with Crippen molar-refractivity contribution in [1.82, 2.24) is 4.90 Å². The molecule has 2 nitrogen and oxygen atoms in total. The zero-order valence-corrected chi connectivity index (χ0v) is 6.05. The van der Waals surface area contributed by atoms with Gasteiger partial charge in [0.2, 0.25) is 6.41 Å². The van der Waals surface area contributed by atoms with Gasteiger partial charge in [-0.1, -0.05) is 13.5 Å². The minimum absolute atomic E-state index is 0.777. The Balaban J connectivity index is 3.68. The summed E-state index contributed by atoms with van der Waals surface area (Å²) in [5, 5.41) is 0. The highest BCUT2D eigenvalue weighted by Gasteiger charge is 1.96. The van der Waals surface area contributed by atoms with E-state index >= 15 is 0 Å². The molecule has 0 saturated carbocycles. The number of amides is 1. The highest BCUT2D eigenvalue weighted by atomic mass is 16.1. The molecule has 0 aliphatic heterocycles. The van der Waals surface area contributed by atoms with Gasteiger partial charge in [0, 0.05) is 12.2 Å². The van der Waals surface area contributed by atoms with Crippen LogP contribution >= 0.6 is 0 Å². The quantitative estimate of drug-likeness (QED) is 0.522. The van der Waals surface area contributed by atoms with Crippen LogP contribution in [0.15, 0.2) is 12.3 Å². The van der Waals surface area contributed by atoms with Crippen LogP contribution in [0.25, 0.3) is 0 Å². The normalized spacial score (nSPS) is 8.67. The number of hydrogen-bond donors (Lipinski definition) is 0. The molecule has 0 aliphatic rings. The lowest BCUT2D eigenvalue weighted by atomic mass is 10.4.